The number of aliphatic imine (C=N–C) groups is 3. The van der Waals surface area contributed by atoms with E-state index in [0.29, 0.717) is 147 Å². The number of esters is 4. The second kappa shape index (κ2) is 40.6. The number of nitrogens with zero attached hydrogens (tertiary/aromatic N) is 9. The van der Waals surface area contributed by atoms with Crippen molar-refractivity contribution in [3.8, 4) is 0 Å². The van der Waals surface area contributed by atoms with Crippen LogP contribution in [0.1, 0.15) is 121 Å². The molecule has 3 saturated heterocycles. The molecule has 6 aliphatic heterocycles. The van der Waals surface area contributed by atoms with Crippen LogP contribution >= 0.6 is 81.8 Å². The van der Waals surface area contributed by atoms with Crippen LogP contribution in [-0.4, -0.2) is 212 Å². The minimum Gasteiger partial charge on any atom is -0.463 e. The summed E-state index contributed by atoms with van der Waals surface area (Å²) in [5, 5.41) is 20.6. The maximum atomic E-state index is 14.0. The number of hydrogen-bond acceptors (Lipinski definition) is 27. The zero-order chi connectivity index (χ0) is 78.0. The minimum atomic E-state index is -0.787. The molecule has 0 spiro atoms. The molecule has 33 heteroatoms. The molecule has 12 rings (SSSR count). The van der Waals surface area contributed by atoms with Crippen LogP contribution in [0.4, 0.5) is 13.2 Å². The lowest BCUT2D eigenvalue weighted by Crippen LogP contribution is -2.51. The molecule has 586 valence electrons. The first-order valence-corrected chi connectivity index (χ1v) is 41.0. The van der Waals surface area contributed by atoms with Crippen molar-refractivity contribution < 1.29 is 70.6 Å². The Bertz CT molecular complexity index is 4390. The van der Waals surface area contributed by atoms with Gasteiger partial charge in [0.05, 0.1) is 101 Å². The number of aryl methyl sites for hydroxylation is 2. The van der Waals surface area contributed by atoms with Crippen molar-refractivity contribution in [1.82, 2.24) is 40.3 Å². The SMILES string of the molecule is CCOC(=O)C1=C(CN2CCOCC2CC)CC(c2ncc(C)s2)=NC1c1ccc(F)cc1Br.CCOC(=O)C1=C(CN2CCOCC2CO)NC(c2ncc(CC)s2)=NC1c1ccc(F)cc1Br.CCOC(=O)C1=C(CN2CCOC[C@H]2COC(=O)[C@@H](N)C(C)C)NC(c2nccs2)=NC1c1ccc(F)cc1Br. The highest BCUT2D eigenvalue weighted by atomic mass is 79.9. The number of ether oxygens (including phenoxy) is 7. The van der Waals surface area contributed by atoms with Gasteiger partial charge in [-0.3, -0.25) is 34.5 Å². The molecule has 3 fully saturated rings. The summed E-state index contributed by atoms with van der Waals surface area (Å²) in [6.07, 6.45) is 7.66. The van der Waals surface area contributed by atoms with Gasteiger partial charge in [-0.05, 0) is 105 Å². The highest BCUT2D eigenvalue weighted by molar-refractivity contribution is 9.11. The molecule has 7 atom stereocenters. The third kappa shape index (κ3) is 21.7. The molecule has 6 aliphatic rings. The molecule has 3 aromatic carbocycles. The van der Waals surface area contributed by atoms with Crippen molar-refractivity contribution in [3.63, 3.8) is 0 Å². The number of thiazole rings is 3. The second-order valence-electron chi connectivity index (χ2n) is 26.3. The van der Waals surface area contributed by atoms with Crippen molar-refractivity contribution in [1.29, 1.82) is 0 Å². The predicted molar refractivity (Wildman–Crippen MR) is 422 cm³/mol. The summed E-state index contributed by atoms with van der Waals surface area (Å²) >= 11 is 14.9. The van der Waals surface area contributed by atoms with Gasteiger partial charge >= 0.3 is 23.9 Å². The normalized spacial score (nSPS) is 21.0. The highest BCUT2D eigenvalue weighted by Gasteiger charge is 2.40. The molecule has 3 aromatic heterocycles. The number of rotatable bonds is 25. The fourth-order valence-corrected chi connectivity index (χ4v) is 16.7. The zero-order valence-electron chi connectivity index (χ0n) is 61.8. The van der Waals surface area contributed by atoms with E-state index >= 15 is 0 Å². The zero-order valence-corrected chi connectivity index (χ0v) is 69.0. The maximum Gasteiger partial charge on any atom is 0.338 e. The minimum absolute atomic E-state index is 0.0544. The van der Waals surface area contributed by atoms with E-state index in [0.717, 1.165) is 51.0 Å². The van der Waals surface area contributed by atoms with Crippen LogP contribution in [0.2, 0.25) is 0 Å². The van der Waals surface area contributed by atoms with E-state index in [1.807, 2.05) is 38.5 Å². The summed E-state index contributed by atoms with van der Waals surface area (Å²) in [5.41, 5.74) is 12.1. The third-order valence-electron chi connectivity index (χ3n) is 18.7. The van der Waals surface area contributed by atoms with Crippen LogP contribution in [0, 0.1) is 30.3 Å². The van der Waals surface area contributed by atoms with Gasteiger partial charge in [0.2, 0.25) is 0 Å². The van der Waals surface area contributed by atoms with Crippen molar-refractivity contribution in [2.45, 2.75) is 117 Å². The number of morpholine rings is 3. The topological polar surface area (TPSA) is 289 Å². The average molecular weight is 1760 g/mol. The molecular formula is C76H90Br3F3N12O12S3. The molecule has 0 aliphatic carbocycles. The van der Waals surface area contributed by atoms with E-state index in [4.69, 9.17) is 53.9 Å². The van der Waals surface area contributed by atoms with Gasteiger partial charge in [0.25, 0.3) is 0 Å². The van der Waals surface area contributed by atoms with Crippen molar-refractivity contribution in [2.24, 2.45) is 26.6 Å². The summed E-state index contributed by atoms with van der Waals surface area (Å²) in [7, 11) is 0. The monoisotopic (exact) mass is 1750 g/mol. The van der Waals surface area contributed by atoms with Gasteiger partial charge in [0, 0.05) is 110 Å². The molecule has 0 radical (unpaired) electrons. The number of nitrogens with one attached hydrogen (secondary N) is 2. The molecule has 24 nitrogen and oxygen atoms in total. The van der Waals surface area contributed by atoms with Gasteiger partial charge in [-0.15, -0.1) is 34.0 Å². The summed E-state index contributed by atoms with van der Waals surface area (Å²) in [5.74, 6) is -2.08. The number of nitrogens with two attached hydrogens (primary N) is 1. The van der Waals surface area contributed by atoms with Gasteiger partial charge in [0.15, 0.2) is 21.7 Å². The van der Waals surface area contributed by atoms with Crippen LogP contribution in [0.15, 0.2) is 141 Å². The molecule has 109 heavy (non-hydrogen) atoms. The van der Waals surface area contributed by atoms with Crippen molar-refractivity contribution >= 4 is 123 Å². The van der Waals surface area contributed by atoms with E-state index in [1.165, 1.54) is 59.1 Å². The lowest BCUT2D eigenvalue weighted by molar-refractivity contribution is -0.150. The fourth-order valence-electron chi connectivity index (χ4n) is 12.9. The van der Waals surface area contributed by atoms with Crippen molar-refractivity contribution in [3.05, 3.63) is 185 Å². The predicted octanol–water partition coefficient (Wildman–Crippen LogP) is 11.6. The Balaban J connectivity index is 0.000000175. The molecule has 5 unspecified atom stereocenters. The number of aromatic nitrogens is 3. The number of dihydropyridines is 1. The maximum absolute atomic E-state index is 14.0. The number of halogens is 6. The van der Waals surface area contributed by atoms with Crippen LogP contribution < -0.4 is 16.4 Å². The number of benzene rings is 3. The highest BCUT2D eigenvalue weighted by Crippen LogP contribution is 2.43. The Labute approximate surface area is 669 Å². The van der Waals surface area contributed by atoms with E-state index in [9.17, 15) is 37.5 Å². The Hall–Kier alpha value is -6.83. The second-order valence-corrected chi connectivity index (χ2v) is 32.1. The molecule has 9 heterocycles. The molecule has 0 saturated carbocycles. The van der Waals surface area contributed by atoms with E-state index in [2.05, 4.69) is 102 Å². The van der Waals surface area contributed by atoms with Gasteiger partial charge in [-0.1, -0.05) is 93.7 Å². The Morgan fingerprint density at radius 2 is 1.09 bits per heavy atom. The van der Waals surface area contributed by atoms with Crippen LogP contribution in [0.3, 0.4) is 0 Å². The van der Waals surface area contributed by atoms with Gasteiger partial charge < -0.3 is 54.6 Å². The van der Waals surface area contributed by atoms with Gasteiger partial charge in [-0.25, -0.2) is 42.5 Å². The van der Waals surface area contributed by atoms with Crippen LogP contribution in [0.5, 0.6) is 0 Å². The average Bonchev–Trinajstić information content (AvgIpc) is 1.65. The van der Waals surface area contributed by atoms with Gasteiger partial charge in [0.1, 0.15) is 53.2 Å². The third-order valence-corrected chi connectivity index (χ3v) is 23.6. The molecule has 0 amide bonds. The summed E-state index contributed by atoms with van der Waals surface area (Å²) in [4.78, 5) is 89.4. The Kier molecular flexibility index (Phi) is 31.5. The molecular weight excluding hydrogens is 1670 g/mol. The van der Waals surface area contributed by atoms with Crippen molar-refractivity contribution in [2.75, 3.05) is 112 Å². The number of carbonyl (C=O) groups excluding carboxylic acids is 4. The van der Waals surface area contributed by atoms with Crippen LogP contribution in [-0.2, 0) is 58.8 Å². The first-order valence-electron chi connectivity index (χ1n) is 36.1. The van der Waals surface area contributed by atoms with E-state index in [-0.39, 0.29) is 75.4 Å². The Morgan fingerprint density at radius 3 is 1.54 bits per heavy atom. The number of amidine groups is 2. The molecule has 6 aromatic rings. The quantitative estimate of drug-likeness (QED) is 0.0306. The summed E-state index contributed by atoms with van der Waals surface area (Å²) in [6.45, 7) is 22.1. The Morgan fingerprint density at radius 1 is 0.615 bits per heavy atom. The van der Waals surface area contributed by atoms with Gasteiger partial charge in [-0.2, -0.15) is 0 Å². The standard InChI is InChI=1S/C27H33BrFN5O5S.C25H29BrFN3O3S.C24H28BrFN4O4S/c1-4-38-26(35)21-20(12-34-8-9-37-13-17(34)14-39-27(36)22(30)15(2)3)32-24(25-31-7-10-40-25)33-23(21)18-6-5-16(29)11-19(18)28;1-4-18-14-32-9-8-30(18)13-16-10-21(24-28-12-15(3)34-24)29-23(22(16)25(31)33-5-2)19-7-6-17(27)11-20(19)26;1-3-16-10-27-23(35-16)22-28-19(11-30-7-8-33-13-15(30)12-31)20(24(32)34-4-2)21(29-22)17-6-5-14(26)9-18(17)25/h5-7,10-11,15,17,22-23H,4,8-9,12-14,30H2,1-3H3,(H,32,33);6-7,11-12,18,23H,4-5,8-10,13-14H2,1-3H3;5-6,9-10,15,21,31H,3-4,7-8,11-13H2,1-2H3,(H,28,29)/t17-,22-,23?;;/m0../s1. The smallest absolute Gasteiger partial charge is 0.338 e. The number of hydrogen-bond donors (Lipinski definition) is 4. The number of aliphatic hydroxyl groups is 1. The lowest BCUT2D eigenvalue weighted by atomic mass is 9.88. The number of aliphatic hydroxyl groups excluding tert-OH is 1. The molecule has 5 N–H and O–H groups in total. The largest absolute Gasteiger partial charge is 0.463 e. The molecule has 0 bridgehead atoms. The lowest BCUT2D eigenvalue weighted by Gasteiger charge is -2.37. The van der Waals surface area contributed by atoms with E-state index in [1.54, 1.807) is 56.5 Å². The summed E-state index contributed by atoms with van der Waals surface area (Å²) < 4.78 is 82.2. The summed E-state index contributed by atoms with van der Waals surface area (Å²) in [6, 6.07) is 10.0. The van der Waals surface area contributed by atoms with E-state index < -0.39 is 53.7 Å². The van der Waals surface area contributed by atoms with Crippen LogP contribution in [0.25, 0.3) is 0 Å². The first kappa shape index (κ1) is 84.6. The first-order chi connectivity index (χ1) is 52.5. The number of carbonyl (C=O) groups is 4. The fraction of sp³-hybridized carbons (Fsp3) is 0.474.